The number of anilines is 1. The molecule has 12 heteroatoms. The minimum absolute atomic E-state index is 0. The average molecular weight is 608 g/mol. The second-order valence-electron chi connectivity index (χ2n) is 9.02. The van der Waals surface area contributed by atoms with E-state index in [0.29, 0.717) is 37.2 Å². The minimum Gasteiger partial charge on any atom is -0.465 e. The molecular formula is C29H38ClN3O7S. The number of carbonyl (C=O) groups excluding carboxylic acids is 4. The zero-order valence-electron chi connectivity index (χ0n) is 23.3. The Morgan fingerprint density at radius 2 is 1.68 bits per heavy atom. The highest BCUT2D eigenvalue weighted by molar-refractivity contribution is 7.99. The van der Waals surface area contributed by atoms with Gasteiger partial charge in [0.25, 0.3) is 0 Å². The number of hydrogen-bond donors (Lipinski definition) is 2. The number of halogens is 1. The molecule has 0 saturated heterocycles. The van der Waals surface area contributed by atoms with E-state index in [4.69, 9.17) is 14.2 Å². The van der Waals surface area contributed by atoms with Gasteiger partial charge in [-0.15, -0.1) is 24.2 Å². The third-order valence-corrected chi connectivity index (χ3v) is 7.25. The van der Waals surface area contributed by atoms with Gasteiger partial charge >= 0.3 is 18.0 Å². The average Bonchev–Trinajstić information content (AvgIpc) is 3.08. The first-order valence-electron chi connectivity index (χ1n) is 13.5. The van der Waals surface area contributed by atoms with Crippen LogP contribution >= 0.6 is 24.2 Å². The maximum atomic E-state index is 13.6. The molecule has 3 rings (SSSR count). The Labute approximate surface area is 251 Å². The molecule has 0 saturated carbocycles. The second-order valence-corrected chi connectivity index (χ2v) is 10.1. The molecule has 10 nitrogen and oxygen atoms in total. The normalized spacial score (nSPS) is 15.0. The van der Waals surface area contributed by atoms with Crippen molar-refractivity contribution in [1.29, 1.82) is 0 Å². The number of rotatable bonds is 14. The van der Waals surface area contributed by atoms with Gasteiger partial charge in [-0.05, 0) is 50.8 Å². The zero-order chi connectivity index (χ0) is 28.7. The Balaban J connectivity index is 0.00000588. The van der Waals surface area contributed by atoms with E-state index >= 15 is 0 Å². The number of benzene rings is 2. The van der Waals surface area contributed by atoms with Crippen molar-refractivity contribution in [2.45, 2.75) is 56.7 Å². The lowest BCUT2D eigenvalue weighted by atomic mass is 10.1. The smallest absolute Gasteiger partial charge is 0.407 e. The van der Waals surface area contributed by atoms with Crippen molar-refractivity contribution < 1.29 is 33.4 Å². The number of nitrogens with one attached hydrogen (secondary N) is 2. The second kappa shape index (κ2) is 18.2. The molecule has 2 atom stereocenters. The molecule has 0 fully saturated rings. The van der Waals surface area contributed by atoms with Crippen LogP contribution in [-0.2, 0) is 35.2 Å². The lowest BCUT2D eigenvalue weighted by molar-refractivity contribution is -0.146. The van der Waals surface area contributed by atoms with Crippen molar-refractivity contribution in [2.75, 3.05) is 37.0 Å². The summed E-state index contributed by atoms with van der Waals surface area (Å²) in [7, 11) is 0. The molecule has 0 aliphatic carbocycles. The van der Waals surface area contributed by atoms with Gasteiger partial charge in [0.15, 0.2) is 0 Å². The van der Waals surface area contributed by atoms with Gasteiger partial charge in [-0.1, -0.05) is 42.5 Å². The fourth-order valence-corrected chi connectivity index (χ4v) is 5.25. The number of nitrogens with zero attached hydrogens (tertiary/aromatic N) is 1. The van der Waals surface area contributed by atoms with Crippen molar-refractivity contribution in [3.63, 3.8) is 0 Å². The summed E-state index contributed by atoms with van der Waals surface area (Å²) in [6, 6.07) is 15.3. The molecule has 2 aromatic rings. The van der Waals surface area contributed by atoms with E-state index in [0.717, 1.165) is 10.5 Å². The zero-order valence-corrected chi connectivity index (χ0v) is 25.0. The molecule has 41 heavy (non-hydrogen) atoms. The monoisotopic (exact) mass is 607 g/mol. The number of thioether (sulfide) groups is 1. The lowest BCUT2D eigenvalue weighted by Gasteiger charge is -2.27. The molecule has 0 spiro atoms. The van der Waals surface area contributed by atoms with Crippen LogP contribution in [0.1, 0.15) is 38.7 Å². The van der Waals surface area contributed by atoms with Crippen LogP contribution in [0.15, 0.2) is 59.5 Å². The van der Waals surface area contributed by atoms with E-state index in [9.17, 15) is 19.2 Å². The number of para-hydroxylation sites is 1. The van der Waals surface area contributed by atoms with E-state index < -0.39 is 30.1 Å². The van der Waals surface area contributed by atoms with Crippen LogP contribution in [0.4, 0.5) is 10.5 Å². The van der Waals surface area contributed by atoms with Crippen LogP contribution in [0.2, 0.25) is 0 Å². The van der Waals surface area contributed by atoms with Gasteiger partial charge in [-0.3, -0.25) is 24.6 Å². The quantitative estimate of drug-likeness (QED) is 0.186. The predicted octanol–water partition coefficient (Wildman–Crippen LogP) is 4.10. The Hall–Kier alpha value is -3.28. The number of alkyl carbamates (subject to hydrolysis) is 1. The maximum absolute atomic E-state index is 13.6. The van der Waals surface area contributed by atoms with Crippen LogP contribution in [0.3, 0.4) is 0 Å². The van der Waals surface area contributed by atoms with Gasteiger partial charge in [0.1, 0.15) is 19.2 Å². The van der Waals surface area contributed by atoms with E-state index in [2.05, 4.69) is 10.6 Å². The summed E-state index contributed by atoms with van der Waals surface area (Å²) in [5, 5.41) is 5.90. The van der Waals surface area contributed by atoms with E-state index in [1.54, 1.807) is 19.9 Å². The summed E-state index contributed by atoms with van der Waals surface area (Å²) < 4.78 is 15.6. The molecular weight excluding hydrogens is 570 g/mol. The van der Waals surface area contributed by atoms with Crippen molar-refractivity contribution in [2.24, 2.45) is 0 Å². The molecule has 0 radical (unpaired) electrons. The first-order valence-corrected chi connectivity index (χ1v) is 14.5. The summed E-state index contributed by atoms with van der Waals surface area (Å²) in [5.41, 5.74) is 1.53. The van der Waals surface area contributed by atoms with Gasteiger partial charge in [-0.25, -0.2) is 4.79 Å². The molecule has 2 aromatic carbocycles. The van der Waals surface area contributed by atoms with Crippen molar-refractivity contribution >= 4 is 53.8 Å². The minimum atomic E-state index is -0.731. The summed E-state index contributed by atoms with van der Waals surface area (Å²) in [6.07, 6.45) is 1.09. The Bertz CT molecular complexity index is 1140. The molecule has 2 amide bonds. The number of unbranched alkanes of at least 4 members (excludes halogenated alkanes) is 1. The van der Waals surface area contributed by atoms with Crippen LogP contribution in [0.5, 0.6) is 0 Å². The summed E-state index contributed by atoms with van der Waals surface area (Å²) in [6.45, 7) is 4.20. The van der Waals surface area contributed by atoms with Crippen molar-refractivity contribution in [1.82, 2.24) is 10.6 Å². The van der Waals surface area contributed by atoms with Crippen LogP contribution in [0.25, 0.3) is 0 Å². The van der Waals surface area contributed by atoms with Gasteiger partial charge < -0.3 is 19.5 Å². The van der Waals surface area contributed by atoms with E-state index in [-0.39, 0.29) is 44.7 Å². The first kappa shape index (κ1) is 33.9. The van der Waals surface area contributed by atoms with Crippen LogP contribution in [0, 0.1) is 0 Å². The Kier molecular flexibility index (Phi) is 15.1. The third-order valence-electron chi connectivity index (χ3n) is 6.09. The largest absolute Gasteiger partial charge is 0.465 e. The highest BCUT2D eigenvalue weighted by Gasteiger charge is 2.35. The highest BCUT2D eigenvalue weighted by Crippen LogP contribution is 2.34. The van der Waals surface area contributed by atoms with E-state index in [1.807, 2.05) is 48.5 Å². The molecule has 1 aliphatic rings. The number of esters is 2. The van der Waals surface area contributed by atoms with Crippen LogP contribution in [-0.4, -0.2) is 68.1 Å². The Morgan fingerprint density at radius 3 is 2.41 bits per heavy atom. The van der Waals surface area contributed by atoms with Gasteiger partial charge in [0.05, 0.1) is 24.9 Å². The van der Waals surface area contributed by atoms with Crippen molar-refractivity contribution in [3.05, 3.63) is 60.2 Å². The Morgan fingerprint density at radius 1 is 0.976 bits per heavy atom. The standard InChI is InChI=1S/C29H37N3O7S.ClH/c1-3-37-26(33)18-32-24-15-8-9-16-25(24)40-20-23(27(32)34)31-22(28(35)38-4-2)14-10-11-17-30-29(36)39-19-21-12-6-5-7-13-21;/h5-9,12-13,15-16,22-23,31H,3-4,10-11,14,17-20H2,1-2H3,(H,30,36);1H/t22?,23-;/m0./s1. The number of hydrogen-bond acceptors (Lipinski definition) is 9. The van der Waals surface area contributed by atoms with Gasteiger partial charge in [-0.2, -0.15) is 0 Å². The first-order chi connectivity index (χ1) is 19.4. The fraction of sp³-hybridized carbons (Fsp3) is 0.448. The van der Waals surface area contributed by atoms with Crippen LogP contribution < -0.4 is 15.5 Å². The molecule has 2 N–H and O–H groups in total. The van der Waals surface area contributed by atoms with E-state index in [1.165, 1.54) is 16.7 Å². The third kappa shape index (κ3) is 10.9. The maximum Gasteiger partial charge on any atom is 0.407 e. The lowest BCUT2D eigenvalue weighted by Crippen LogP contribution is -2.54. The number of ether oxygens (including phenoxy) is 3. The molecule has 0 aromatic heterocycles. The van der Waals surface area contributed by atoms with Gasteiger partial charge in [0, 0.05) is 17.2 Å². The van der Waals surface area contributed by atoms with Gasteiger partial charge in [0.2, 0.25) is 5.91 Å². The molecule has 1 aliphatic heterocycles. The SMILES string of the molecule is CCOC(=O)CN1C(=O)[C@@H](NC(CCCCNC(=O)OCc2ccccc2)C(=O)OCC)CSc2ccccc21.Cl. The number of fused-ring (bicyclic) bond motifs is 1. The predicted molar refractivity (Wildman–Crippen MR) is 159 cm³/mol. The fourth-order valence-electron chi connectivity index (χ4n) is 4.16. The summed E-state index contributed by atoms with van der Waals surface area (Å²) in [4.78, 5) is 53.0. The summed E-state index contributed by atoms with van der Waals surface area (Å²) in [5.74, 6) is -0.898. The van der Waals surface area contributed by atoms with Crippen molar-refractivity contribution in [3.8, 4) is 0 Å². The highest BCUT2D eigenvalue weighted by atomic mass is 35.5. The molecule has 1 heterocycles. The topological polar surface area (TPSA) is 123 Å². The number of amides is 2. The summed E-state index contributed by atoms with van der Waals surface area (Å²) >= 11 is 1.48. The molecule has 0 bridgehead atoms. The molecule has 1 unspecified atom stereocenters. The molecule has 224 valence electrons. The number of carbonyl (C=O) groups is 4.